The van der Waals surface area contributed by atoms with E-state index in [9.17, 15) is 13.2 Å². The van der Waals surface area contributed by atoms with Gasteiger partial charge in [-0.2, -0.15) is 0 Å². The van der Waals surface area contributed by atoms with E-state index in [2.05, 4.69) is 4.72 Å². The summed E-state index contributed by atoms with van der Waals surface area (Å²) < 4.78 is 35.6. The van der Waals surface area contributed by atoms with Crippen LogP contribution in [-0.2, 0) is 10.0 Å². The maximum atomic E-state index is 12.4. The molecule has 6 nitrogen and oxygen atoms in total. The maximum Gasteiger partial charge on any atom is 0.229 e. The molecule has 0 atom stereocenters. The highest BCUT2D eigenvalue weighted by molar-refractivity contribution is 7.92. The van der Waals surface area contributed by atoms with Crippen LogP contribution in [0.25, 0.3) is 6.08 Å². The van der Waals surface area contributed by atoms with Gasteiger partial charge in [0.05, 0.1) is 26.2 Å². The summed E-state index contributed by atoms with van der Waals surface area (Å²) in [6.45, 7) is 0. The molecule has 2 aromatic rings. The van der Waals surface area contributed by atoms with Gasteiger partial charge in [0.2, 0.25) is 10.0 Å². The van der Waals surface area contributed by atoms with Gasteiger partial charge in [-0.1, -0.05) is 24.3 Å². The van der Waals surface area contributed by atoms with Gasteiger partial charge in [0.25, 0.3) is 0 Å². The summed E-state index contributed by atoms with van der Waals surface area (Å²) >= 11 is 0. The molecule has 0 fully saturated rings. The number of nitrogens with one attached hydrogen (secondary N) is 1. The van der Waals surface area contributed by atoms with Crippen molar-refractivity contribution in [2.75, 3.05) is 25.2 Å². The summed E-state index contributed by atoms with van der Waals surface area (Å²) in [6, 6.07) is 11.7. The highest BCUT2D eigenvalue weighted by Gasteiger charge is 2.11. The molecule has 7 heteroatoms. The Kier molecular flexibility index (Phi) is 5.82. The Labute approximate surface area is 147 Å². The van der Waals surface area contributed by atoms with Gasteiger partial charge >= 0.3 is 0 Å². The van der Waals surface area contributed by atoms with Crippen LogP contribution in [0.4, 0.5) is 5.69 Å². The number of methoxy groups -OCH3 is 2. The molecular weight excluding hydrogens is 342 g/mol. The Hall–Kier alpha value is -2.80. The number of ketones is 1. The van der Waals surface area contributed by atoms with E-state index >= 15 is 0 Å². The molecule has 0 aromatic heterocycles. The maximum absolute atomic E-state index is 12.4. The first kappa shape index (κ1) is 18.5. The molecule has 0 saturated carbocycles. The van der Waals surface area contributed by atoms with E-state index in [0.717, 1.165) is 11.8 Å². The fourth-order valence-corrected chi connectivity index (χ4v) is 2.78. The third kappa shape index (κ3) is 5.09. The molecule has 0 saturated heterocycles. The molecule has 0 amide bonds. The molecule has 2 rings (SSSR count). The molecule has 0 unspecified atom stereocenters. The molecule has 2 aromatic carbocycles. The van der Waals surface area contributed by atoms with Crippen LogP contribution in [0.5, 0.6) is 11.5 Å². The van der Waals surface area contributed by atoms with Crippen LogP contribution in [0.15, 0.2) is 48.5 Å². The number of hydrogen-bond acceptors (Lipinski definition) is 5. The van der Waals surface area contributed by atoms with Crippen molar-refractivity contribution in [2.45, 2.75) is 0 Å². The van der Waals surface area contributed by atoms with Crippen LogP contribution < -0.4 is 14.2 Å². The second kappa shape index (κ2) is 7.85. The van der Waals surface area contributed by atoms with Gasteiger partial charge in [-0.15, -0.1) is 0 Å². The number of benzene rings is 2. The van der Waals surface area contributed by atoms with E-state index in [0.29, 0.717) is 11.5 Å². The smallest absolute Gasteiger partial charge is 0.229 e. The van der Waals surface area contributed by atoms with Crippen molar-refractivity contribution in [1.82, 2.24) is 0 Å². The normalized spacial score (nSPS) is 11.3. The number of para-hydroxylation sites is 1. The van der Waals surface area contributed by atoms with Crippen molar-refractivity contribution in [1.29, 1.82) is 0 Å². The van der Waals surface area contributed by atoms with Crippen molar-refractivity contribution >= 4 is 27.6 Å². The number of anilines is 1. The predicted octanol–water partition coefficient (Wildman–Crippen LogP) is 2.97. The molecule has 0 radical (unpaired) electrons. The van der Waals surface area contributed by atoms with Crippen molar-refractivity contribution in [3.63, 3.8) is 0 Å². The van der Waals surface area contributed by atoms with Crippen LogP contribution in [0, 0.1) is 0 Å². The van der Waals surface area contributed by atoms with E-state index in [1.165, 1.54) is 13.2 Å². The lowest BCUT2D eigenvalue weighted by atomic mass is 10.1. The zero-order chi connectivity index (χ0) is 18.4. The lowest BCUT2D eigenvalue weighted by Crippen LogP contribution is -2.12. The molecule has 0 heterocycles. The van der Waals surface area contributed by atoms with Crippen molar-refractivity contribution in [3.8, 4) is 11.5 Å². The van der Waals surface area contributed by atoms with Crippen LogP contribution in [0.3, 0.4) is 0 Å². The Bertz CT molecular complexity index is 903. The number of hydrogen-bond donors (Lipinski definition) is 1. The Morgan fingerprint density at radius 2 is 1.72 bits per heavy atom. The zero-order valence-corrected chi connectivity index (χ0v) is 15.0. The van der Waals surface area contributed by atoms with Gasteiger partial charge in [0, 0.05) is 5.56 Å². The minimum atomic E-state index is -3.47. The highest BCUT2D eigenvalue weighted by atomic mass is 32.2. The molecule has 132 valence electrons. The van der Waals surface area contributed by atoms with Gasteiger partial charge in [0.15, 0.2) is 17.3 Å². The molecule has 0 aliphatic carbocycles. The predicted molar refractivity (Wildman–Crippen MR) is 97.8 cm³/mol. The van der Waals surface area contributed by atoms with Crippen molar-refractivity contribution < 1.29 is 22.7 Å². The fourth-order valence-electron chi connectivity index (χ4n) is 2.20. The Morgan fingerprint density at radius 1 is 1.04 bits per heavy atom. The quantitative estimate of drug-likeness (QED) is 0.606. The highest BCUT2D eigenvalue weighted by Crippen LogP contribution is 2.28. The van der Waals surface area contributed by atoms with E-state index in [1.54, 1.807) is 55.7 Å². The van der Waals surface area contributed by atoms with E-state index in [4.69, 9.17) is 9.47 Å². The first-order valence-corrected chi connectivity index (χ1v) is 9.24. The summed E-state index contributed by atoms with van der Waals surface area (Å²) in [5.41, 5.74) is 1.26. The largest absolute Gasteiger partial charge is 0.493 e. The minimum Gasteiger partial charge on any atom is -0.493 e. The van der Waals surface area contributed by atoms with E-state index in [1.807, 2.05) is 0 Å². The van der Waals surface area contributed by atoms with Gasteiger partial charge in [-0.3, -0.25) is 9.52 Å². The summed E-state index contributed by atoms with van der Waals surface area (Å²) in [4.78, 5) is 12.4. The first-order valence-electron chi connectivity index (χ1n) is 7.35. The number of ether oxygens (including phenoxy) is 2. The van der Waals surface area contributed by atoms with Gasteiger partial charge in [-0.05, 0) is 35.9 Å². The lowest BCUT2D eigenvalue weighted by molar-refractivity contribution is 0.104. The van der Waals surface area contributed by atoms with Gasteiger partial charge < -0.3 is 9.47 Å². The number of carbonyl (C=O) groups is 1. The number of carbonyl (C=O) groups excluding carboxylic acids is 1. The monoisotopic (exact) mass is 361 g/mol. The third-order valence-electron chi connectivity index (χ3n) is 3.32. The standard InChI is InChI=1S/C18H19NO5S/c1-23-17-11-9-13(12-18(17)24-2)8-10-16(20)14-6-4-5-7-15(14)19-25(3,21)22/h4-12,19H,1-3H3. The lowest BCUT2D eigenvalue weighted by Gasteiger charge is -2.08. The average molecular weight is 361 g/mol. The van der Waals surface area contributed by atoms with Crippen molar-refractivity contribution in [3.05, 3.63) is 59.7 Å². The molecular formula is C18H19NO5S. The van der Waals surface area contributed by atoms with Gasteiger partial charge in [0.1, 0.15) is 0 Å². The van der Waals surface area contributed by atoms with Crippen LogP contribution in [-0.4, -0.2) is 34.7 Å². The average Bonchev–Trinajstić information content (AvgIpc) is 2.58. The molecule has 0 aliphatic heterocycles. The summed E-state index contributed by atoms with van der Waals surface area (Å²) in [5.74, 6) is 0.825. The number of allylic oxidation sites excluding steroid dienone is 1. The second-order valence-corrected chi connectivity index (χ2v) is 6.98. The Balaban J connectivity index is 2.27. The summed E-state index contributed by atoms with van der Waals surface area (Å²) in [5, 5.41) is 0. The molecule has 0 spiro atoms. The molecule has 25 heavy (non-hydrogen) atoms. The summed E-state index contributed by atoms with van der Waals surface area (Å²) in [7, 11) is -0.398. The second-order valence-electron chi connectivity index (χ2n) is 5.23. The van der Waals surface area contributed by atoms with Crippen molar-refractivity contribution in [2.24, 2.45) is 0 Å². The summed E-state index contributed by atoms with van der Waals surface area (Å²) in [6.07, 6.45) is 4.04. The molecule has 0 aliphatic rings. The SMILES string of the molecule is COc1ccc(C=CC(=O)c2ccccc2NS(C)(=O)=O)cc1OC. The third-order valence-corrected chi connectivity index (χ3v) is 3.91. The minimum absolute atomic E-state index is 0.243. The van der Waals surface area contributed by atoms with E-state index in [-0.39, 0.29) is 17.0 Å². The number of rotatable bonds is 7. The molecule has 0 bridgehead atoms. The van der Waals surface area contributed by atoms with Crippen LogP contribution in [0.2, 0.25) is 0 Å². The topological polar surface area (TPSA) is 81.7 Å². The zero-order valence-electron chi connectivity index (χ0n) is 14.1. The van der Waals surface area contributed by atoms with E-state index < -0.39 is 10.0 Å². The molecule has 1 N–H and O–H groups in total. The Morgan fingerprint density at radius 3 is 2.36 bits per heavy atom. The first-order chi connectivity index (χ1) is 11.8. The van der Waals surface area contributed by atoms with Crippen LogP contribution >= 0.6 is 0 Å². The van der Waals surface area contributed by atoms with Gasteiger partial charge in [-0.25, -0.2) is 8.42 Å². The fraction of sp³-hybridized carbons (Fsp3) is 0.167. The van der Waals surface area contributed by atoms with Crippen LogP contribution in [0.1, 0.15) is 15.9 Å². The number of sulfonamides is 1.